The lowest BCUT2D eigenvalue weighted by atomic mass is 9.90. The summed E-state index contributed by atoms with van der Waals surface area (Å²) < 4.78 is 5.49. The van der Waals surface area contributed by atoms with Gasteiger partial charge in [0.25, 0.3) is 5.91 Å². The van der Waals surface area contributed by atoms with Gasteiger partial charge in [-0.05, 0) is 124 Å². The van der Waals surface area contributed by atoms with Crippen molar-refractivity contribution in [3.8, 4) is 5.75 Å². The number of thiocarbonyl (C=S) groups is 1. The second-order valence-corrected chi connectivity index (χ2v) is 12.0. The van der Waals surface area contributed by atoms with Gasteiger partial charge in [0.15, 0.2) is 5.11 Å². The number of likely N-dealkylation sites (tertiary alicyclic amines) is 1. The summed E-state index contributed by atoms with van der Waals surface area (Å²) in [4.78, 5) is 32.8. The molecule has 5 rings (SSSR count). The van der Waals surface area contributed by atoms with Crippen molar-refractivity contribution < 1.29 is 14.3 Å². The van der Waals surface area contributed by atoms with Crippen molar-refractivity contribution in [2.24, 2.45) is 5.92 Å². The summed E-state index contributed by atoms with van der Waals surface area (Å²) in [7, 11) is 0. The molecular weight excluding hydrogens is 580 g/mol. The van der Waals surface area contributed by atoms with E-state index in [1.165, 1.54) is 23.3 Å². The summed E-state index contributed by atoms with van der Waals surface area (Å²) in [5.74, 6) is 1.01. The summed E-state index contributed by atoms with van der Waals surface area (Å²) >= 11 is 11.9. The van der Waals surface area contributed by atoms with Crippen LogP contribution in [0, 0.1) is 5.92 Å². The average Bonchev–Trinajstić information content (AvgIpc) is 3.24. The number of anilines is 2. The minimum Gasteiger partial charge on any atom is -0.494 e. The number of rotatable bonds is 12. The predicted octanol–water partition coefficient (Wildman–Crippen LogP) is 6.41. The summed E-state index contributed by atoms with van der Waals surface area (Å²) in [5.41, 5.74) is 2.72. The highest BCUT2D eigenvalue weighted by atomic mass is 35.5. The molecular formula is C34H39ClN4O3S. The molecule has 0 radical (unpaired) electrons. The first kappa shape index (κ1) is 31.0. The van der Waals surface area contributed by atoms with Gasteiger partial charge in [0.1, 0.15) is 11.8 Å². The lowest BCUT2D eigenvalue weighted by Gasteiger charge is -2.33. The SMILES string of the molecule is CCOc1ccc(NC(=O)CC2C(=O)N(c3ccc(Cl)cc3)C(=S)N2CCCN2CCC(Cc3ccccc3)CC2)cc1. The van der Waals surface area contributed by atoms with Crippen molar-refractivity contribution in [2.75, 3.05) is 43.0 Å². The predicted molar refractivity (Wildman–Crippen MR) is 177 cm³/mol. The van der Waals surface area contributed by atoms with E-state index in [2.05, 4.69) is 40.5 Å². The van der Waals surface area contributed by atoms with E-state index in [1.54, 1.807) is 36.4 Å². The number of ether oxygens (including phenoxy) is 1. The molecule has 0 bridgehead atoms. The molecule has 1 N–H and O–H groups in total. The second-order valence-electron chi connectivity index (χ2n) is 11.2. The number of amides is 2. The van der Waals surface area contributed by atoms with Crippen LogP contribution in [0.5, 0.6) is 5.75 Å². The Morgan fingerprint density at radius 3 is 2.35 bits per heavy atom. The third-order valence-electron chi connectivity index (χ3n) is 8.18. The van der Waals surface area contributed by atoms with Gasteiger partial charge in [0, 0.05) is 17.3 Å². The van der Waals surface area contributed by atoms with Crippen molar-refractivity contribution in [1.29, 1.82) is 0 Å². The number of nitrogens with one attached hydrogen (secondary N) is 1. The van der Waals surface area contributed by atoms with Crippen molar-refractivity contribution in [3.05, 3.63) is 89.4 Å². The highest BCUT2D eigenvalue weighted by Crippen LogP contribution is 2.29. The van der Waals surface area contributed by atoms with Crippen LogP contribution in [0.3, 0.4) is 0 Å². The molecule has 9 heteroatoms. The summed E-state index contributed by atoms with van der Waals surface area (Å²) in [5, 5.41) is 3.93. The third-order valence-corrected chi connectivity index (χ3v) is 8.85. The molecule has 0 saturated carbocycles. The highest BCUT2D eigenvalue weighted by molar-refractivity contribution is 7.80. The molecule has 2 fully saturated rings. The first-order chi connectivity index (χ1) is 20.9. The van der Waals surface area contributed by atoms with Crippen LogP contribution in [0.1, 0.15) is 38.2 Å². The summed E-state index contributed by atoms with van der Waals surface area (Å²) in [6.07, 6.45) is 4.37. The van der Waals surface area contributed by atoms with Crippen LogP contribution in [0.2, 0.25) is 5.02 Å². The Morgan fingerprint density at radius 1 is 0.977 bits per heavy atom. The van der Waals surface area contributed by atoms with Crippen LogP contribution < -0.4 is 15.0 Å². The van der Waals surface area contributed by atoms with Crippen LogP contribution in [-0.2, 0) is 16.0 Å². The fourth-order valence-corrected chi connectivity index (χ4v) is 6.47. The first-order valence-corrected chi connectivity index (χ1v) is 15.9. The monoisotopic (exact) mass is 618 g/mol. The molecule has 226 valence electrons. The molecule has 43 heavy (non-hydrogen) atoms. The van der Waals surface area contributed by atoms with E-state index in [0.29, 0.717) is 40.6 Å². The van der Waals surface area contributed by atoms with Crippen molar-refractivity contribution in [2.45, 2.75) is 45.1 Å². The number of halogens is 1. The van der Waals surface area contributed by atoms with Gasteiger partial charge < -0.3 is 19.9 Å². The topological polar surface area (TPSA) is 65.1 Å². The Hall–Kier alpha value is -3.46. The molecule has 1 unspecified atom stereocenters. The maximum Gasteiger partial charge on any atom is 0.256 e. The van der Waals surface area contributed by atoms with Gasteiger partial charge in [-0.15, -0.1) is 0 Å². The summed E-state index contributed by atoms with van der Waals surface area (Å²) in [6.45, 7) is 6.17. The zero-order valence-electron chi connectivity index (χ0n) is 24.6. The van der Waals surface area contributed by atoms with E-state index in [9.17, 15) is 9.59 Å². The van der Waals surface area contributed by atoms with Crippen molar-refractivity contribution >= 4 is 52.1 Å². The number of nitrogens with zero attached hydrogens (tertiary/aromatic N) is 3. The van der Waals surface area contributed by atoms with Crippen LogP contribution in [0.4, 0.5) is 11.4 Å². The molecule has 0 spiro atoms. The zero-order chi connectivity index (χ0) is 30.2. The van der Waals surface area contributed by atoms with E-state index < -0.39 is 6.04 Å². The Balaban J connectivity index is 1.19. The number of carbonyl (C=O) groups is 2. The average molecular weight is 619 g/mol. The number of hydrogen-bond donors (Lipinski definition) is 1. The molecule has 2 heterocycles. The van der Waals surface area contributed by atoms with E-state index in [4.69, 9.17) is 28.6 Å². The summed E-state index contributed by atoms with van der Waals surface area (Å²) in [6, 6.07) is 24.3. The molecule has 3 aromatic rings. The van der Waals surface area contributed by atoms with Gasteiger partial charge in [-0.1, -0.05) is 41.9 Å². The molecule has 7 nitrogen and oxygen atoms in total. The van der Waals surface area contributed by atoms with Gasteiger partial charge in [0.05, 0.1) is 18.7 Å². The van der Waals surface area contributed by atoms with E-state index in [0.717, 1.165) is 38.2 Å². The van der Waals surface area contributed by atoms with E-state index in [1.807, 2.05) is 24.0 Å². The molecule has 2 saturated heterocycles. The van der Waals surface area contributed by atoms with Crippen LogP contribution in [0.25, 0.3) is 0 Å². The number of piperidine rings is 1. The molecule has 2 aliphatic heterocycles. The molecule has 1 atom stereocenters. The molecule has 2 amide bonds. The number of benzene rings is 3. The Bertz CT molecular complexity index is 1380. The standard InChI is InChI=1S/C34H39ClN4O3S/c1-2-42-30-15-11-28(12-16-30)36-32(40)24-31-33(41)39(29-13-9-27(35)10-14-29)34(43)38(31)20-6-19-37-21-17-26(18-22-37)23-25-7-4-3-5-8-25/h3-5,7-16,26,31H,2,6,17-24H2,1H3,(H,36,40). The van der Waals surface area contributed by atoms with E-state index in [-0.39, 0.29) is 18.2 Å². The molecule has 2 aliphatic rings. The Labute approximate surface area is 264 Å². The minimum atomic E-state index is -0.678. The minimum absolute atomic E-state index is 0.00115. The largest absolute Gasteiger partial charge is 0.494 e. The van der Waals surface area contributed by atoms with Gasteiger partial charge in [0.2, 0.25) is 5.91 Å². The molecule has 3 aromatic carbocycles. The van der Waals surface area contributed by atoms with E-state index >= 15 is 0 Å². The Kier molecular flexibility index (Phi) is 10.7. The van der Waals surface area contributed by atoms with Crippen molar-refractivity contribution in [1.82, 2.24) is 9.80 Å². The van der Waals surface area contributed by atoms with Gasteiger partial charge in [-0.2, -0.15) is 0 Å². The second kappa shape index (κ2) is 14.8. The lowest BCUT2D eigenvalue weighted by Crippen LogP contribution is -2.40. The fourth-order valence-electron chi connectivity index (χ4n) is 5.93. The van der Waals surface area contributed by atoms with Crippen LogP contribution in [-0.4, -0.2) is 65.6 Å². The van der Waals surface area contributed by atoms with Gasteiger partial charge >= 0.3 is 0 Å². The molecule has 0 aliphatic carbocycles. The fraction of sp³-hybridized carbons (Fsp3) is 0.382. The lowest BCUT2D eigenvalue weighted by molar-refractivity contribution is -0.124. The maximum absolute atomic E-state index is 13.7. The van der Waals surface area contributed by atoms with Crippen LogP contribution >= 0.6 is 23.8 Å². The van der Waals surface area contributed by atoms with Crippen LogP contribution in [0.15, 0.2) is 78.9 Å². The quantitative estimate of drug-likeness (QED) is 0.237. The highest BCUT2D eigenvalue weighted by Gasteiger charge is 2.44. The Morgan fingerprint density at radius 2 is 1.67 bits per heavy atom. The van der Waals surface area contributed by atoms with Gasteiger partial charge in [-0.25, -0.2) is 0 Å². The van der Waals surface area contributed by atoms with Crippen molar-refractivity contribution in [3.63, 3.8) is 0 Å². The number of carbonyl (C=O) groups excluding carboxylic acids is 2. The number of hydrogen-bond acceptors (Lipinski definition) is 5. The maximum atomic E-state index is 13.7. The smallest absolute Gasteiger partial charge is 0.256 e. The zero-order valence-corrected chi connectivity index (χ0v) is 26.2. The molecule has 0 aromatic heterocycles. The first-order valence-electron chi connectivity index (χ1n) is 15.1. The van der Waals surface area contributed by atoms with Gasteiger partial charge in [-0.3, -0.25) is 14.5 Å². The normalized spacial score (nSPS) is 17.9. The third kappa shape index (κ3) is 8.13.